The normalized spacial score (nSPS) is 12.8. The van der Waals surface area contributed by atoms with Crippen LogP contribution in [0.4, 0.5) is 0 Å². The second-order valence-electron chi connectivity index (χ2n) is 4.99. The van der Waals surface area contributed by atoms with Crippen LogP contribution in [0, 0.1) is 6.92 Å². The van der Waals surface area contributed by atoms with Crippen molar-refractivity contribution in [1.82, 2.24) is 19.7 Å². The Bertz CT molecular complexity index is 799. The summed E-state index contributed by atoms with van der Waals surface area (Å²) in [5.41, 5.74) is 3.95. The summed E-state index contributed by atoms with van der Waals surface area (Å²) in [5.74, 6) is 0. The molecule has 108 valence electrons. The first-order valence-electron chi connectivity index (χ1n) is 6.63. The third-order valence-electron chi connectivity index (χ3n) is 3.53. The minimum Gasteiger partial charge on any atom is -0.388 e. The maximum atomic E-state index is 10.4. The van der Waals surface area contributed by atoms with E-state index in [1.165, 1.54) is 0 Å². The van der Waals surface area contributed by atoms with E-state index in [9.17, 15) is 5.11 Å². The van der Waals surface area contributed by atoms with E-state index in [0.29, 0.717) is 11.4 Å². The Labute approximate surface area is 127 Å². The summed E-state index contributed by atoms with van der Waals surface area (Å²) < 4.78 is 1.71. The fourth-order valence-corrected chi connectivity index (χ4v) is 2.63. The molecule has 1 aromatic carbocycles. The third-order valence-corrected chi connectivity index (χ3v) is 4.02. The Morgan fingerprint density at radius 3 is 2.62 bits per heavy atom. The van der Waals surface area contributed by atoms with Gasteiger partial charge < -0.3 is 5.11 Å². The van der Waals surface area contributed by atoms with Gasteiger partial charge in [-0.1, -0.05) is 17.7 Å². The molecule has 6 heteroatoms. The largest absolute Gasteiger partial charge is 0.388 e. The Kier molecular flexibility index (Phi) is 3.61. The molecule has 0 saturated heterocycles. The molecule has 5 nitrogen and oxygen atoms in total. The number of halogens is 1. The van der Waals surface area contributed by atoms with Crippen LogP contribution in [0.15, 0.2) is 30.6 Å². The first-order chi connectivity index (χ1) is 10.1. The SMILES string of the molecule is Cc1nn(C)c(CC(O)c2ccc3nccnc3c2)c1Cl. The Balaban J connectivity index is 1.91. The van der Waals surface area contributed by atoms with Crippen LogP contribution in [0.3, 0.4) is 0 Å². The van der Waals surface area contributed by atoms with Crippen molar-refractivity contribution in [3.63, 3.8) is 0 Å². The standard InChI is InChI=1S/C15H15ClN4O/c1-9-15(16)13(20(2)19-9)8-14(21)10-3-4-11-12(7-10)18-6-5-17-11/h3-7,14,21H,8H2,1-2H3. The van der Waals surface area contributed by atoms with Gasteiger partial charge in [0.25, 0.3) is 0 Å². The molecule has 0 saturated carbocycles. The number of hydrogen-bond donors (Lipinski definition) is 1. The maximum absolute atomic E-state index is 10.4. The van der Waals surface area contributed by atoms with E-state index in [-0.39, 0.29) is 0 Å². The second kappa shape index (κ2) is 5.42. The topological polar surface area (TPSA) is 63.8 Å². The molecule has 0 bridgehead atoms. The third kappa shape index (κ3) is 2.62. The Morgan fingerprint density at radius 2 is 1.95 bits per heavy atom. The first kappa shape index (κ1) is 14.0. The van der Waals surface area contributed by atoms with Gasteiger partial charge in [0.2, 0.25) is 0 Å². The summed E-state index contributed by atoms with van der Waals surface area (Å²) in [6, 6.07) is 5.57. The van der Waals surface area contributed by atoms with Crippen molar-refractivity contribution >= 4 is 22.6 Å². The molecule has 1 unspecified atom stereocenters. The van der Waals surface area contributed by atoms with E-state index >= 15 is 0 Å². The number of aliphatic hydroxyl groups is 1. The Hall–Kier alpha value is -1.98. The number of aryl methyl sites for hydroxylation is 2. The fourth-order valence-electron chi connectivity index (χ4n) is 2.39. The highest BCUT2D eigenvalue weighted by Gasteiger charge is 2.17. The van der Waals surface area contributed by atoms with Gasteiger partial charge in [0.15, 0.2) is 0 Å². The fraction of sp³-hybridized carbons (Fsp3) is 0.267. The quantitative estimate of drug-likeness (QED) is 0.808. The Morgan fingerprint density at radius 1 is 1.24 bits per heavy atom. The van der Waals surface area contributed by atoms with E-state index < -0.39 is 6.10 Å². The lowest BCUT2D eigenvalue weighted by Crippen LogP contribution is -2.07. The summed E-state index contributed by atoms with van der Waals surface area (Å²) in [6.07, 6.45) is 3.03. The van der Waals surface area contributed by atoms with E-state index in [0.717, 1.165) is 28.0 Å². The van der Waals surface area contributed by atoms with Crippen molar-refractivity contribution in [2.75, 3.05) is 0 Å². The van der Waals surface area contributed by atoms with Crippen LogP contribution >= 0.6 is 11.6 Å². The summed E-state index contributed by atoms with van der Waals surface area (Å²) in [7, 11) is 1.83. The molecule has 1 N–H and O–H groups in total. The van der Waals surface area contributed by atoms with Crippen molar-refractivity contribution < 1.29 is 5.11 Å². The number of nitrogens with zero attached hydrogens (tertiary/aromatic N) is 4. The average Bonchev–Trinajstić information content (AvgIpc) is 2.73. The van der Waals surface area contributed by atoms with Crippen molar-refractivity contribution in [3.05, 3.63) is 52.6 Å². The van der Waals surface area contributed by atoms with Gasteiger partial charge in [-0.3, -0.25) is 14.6 Å². The molecule has 2 heterocycles. The van der Waals surface area contributed by atoms with Gasteiger partial charge >= 0.3 is 0 Å². The van der Waals surface area contributed by atoms with Crippen molar-refractivity contribution in [3.8, 4) is 0 Å². The zero-order valence-electron chi connectivity index (χ0n) is 11.8. The monoisotopic (exact) mass is 302 g/mol. The molecule has 1 atom stereocenters. The molecule has 2 aromatic heterocycles. The van der Waals surface area contributed by atoms with Gasteiger partial charge in [-0.05, 0) is 24.6 Å². The maximum Gasteiger partial charge on any atom is 0.0890 e. The number of aliphatic hydroxyl groups excluding tert-OH is 1. The highest BCUT2D eigenvalue weighted by molar-refractivity contribution is 6.31. The number of aromatic nitrogens is 4. The van der Waals surface area contributed by atoms with E-state index in [2.05, 4.69) is 15.1 Å². The molecular formula is C15H15ClN4O. The van der Waals surface area contributed by atoms with Gasteiger partial charge in [0.05, 0.1) is 33.5 Å². The molecule has 3 aromatic rings. The van der Waals surface area contributed by atoms with Crippen LogP contribution in [-0.2, 0) is 13.5 Å². The zero-order chi connectivity index (χ0) is 15.0. The van der Waals surface area contributed by atoms with Crippen molar-refractivity contribution in [2.24, 2.45) is 7.05 Å². The van der Waals surface area contributed by atoms with Gasteiger partial charge in [0.1, 0.15) is 0 Å². The average molecular weight is 303 g/mol. The smallest absolute Gasteiger partial charge is 0.0890 e. The summed E-state index contributed by atoms with van der Waals surface area (Å²) in [6.45, 7) is 1.85. The highest BCUT2D eigenvalue weighted by Crippen LogP contribution is 2.26. The molecule has 0 amide bonds. The lowest BCUT2D eigenvalue weighted by atomic mass is 10.0. The predicted octanol–water partition coefficient (Wildman–Crippen LogP) is 2.60. The molecule has 0 spiro atoms. The van der Waals surface area contributed by atoms with E-state index in [1.807, 2.05) is 32.2 Å². The van der Waals surface area contributed by atoms with Gasteiger partial charge in [-0.15, -0.1) is 0 Å². The minimum absolute atomic E-state index is 0.405. The van der Waals surface area contributed by atoms with Crippen LogP contribution in [0.5, 0.6) is 0 Å². The lowest BCUT2D eigenvalue weighted by Gasteiger charge is -2.12. The lowest BCUT2D eigenvalue weighted by molar-refractivity contribution is 0.176. The van der Waals surface area contributed by atoms with Crippen molar-refractivity contribution in [2.45, 2.75) is 19.4 Å². The molecule has 0 radical (unpaired) electrons. The molecule has 0 aliphatic rings. The zero-order valence-corrected chi connectivity index (χ0v) is 12.5. The molecule has 0 aliphatic heterocycles. The molecule has 0 aliphatic carbocycles. The van der Waals surface area contributed by atoms with E-state index in [4.69, 9.17) is 11.6 Å². The van der Waals surface area contributed by atoms with Crippen molar-refractivity contribution in [1.29, 1.82) is 0 Å². The van der Waals surface area contributed by atoms with Crippen LogP contribution < -0.4 is 0 Å². The van der Waals surface area contributed by atoms with Crippen LogP contribution in [-0.4, -0.2) is 24.9 Å². The van der Waals surface area contributed by atoms with Crippen LogP contribution in [0.2, 0.25) is 5.02 Å². The van der Waals surface area contributed by atoms with Gasteiger partial charge in [0, 0.05) is 25.9 Å². The van der Waals surface area contributed by atoms with Gasteiger partial charge in [-0.25, -0.2) is 0 Å². The van der Waals surface area contributed by atoms with Gasteiger partial charge in [-0.2, -0.15) is 5.10 Å². The molecular weight excluding hydrogens is 288 g/mol. The summed E-state index contributed by atoms with van der Waals surface area (Å²) in [4.78, 5) is 8.47. The second-order valence-corrected chi connectivity index (χ2v) is 5.37. The molecule has 3 rings (SSSR count). The summed E-state index contributed by atoms with van der Waals surface area (Å²) >= 11 is 6.22. The molecule has 0 fully saturated rings. The number of rotatable bonds is 3. The predicted molar refractivity (Wildman–Crippen MR) is 81.2 cm³/mol. The van der Waals surface area contributed by atoms with Crippen LogP contribution in [0.1, 0.15) is 23.1 Å². The number of hydrogen-bond acceptors (Lipinski definition) is 4. The number of fused-ring (bicyclic) bond motifs is 1. The molecule has 21 heavy (non-hydrogen) atoms. The highest BCUT2D eigenvalue weighted by atomic mass is 35.5. The first-order valence-corrected chi connectivity index (χ1v) is 7.01. The number of benzene rings is 1. The van der Waals surface area contributed by atoms with Crippen LogP contribution in [0.25, 0.3) is 11.0 Å². The van der Waals surface area contributed by atoms with E-state index in [1.54, 1.807) is 17.1 Å². The minimum atomic E-state index is -0.663. The summed E-state index contributed by atoms with van der Waals surface area (Å²) in [5, 5.41) is 15.3.